The number of carbonyl (C=O) groups excluding carboxylic acids is 1. The van der Waals surface area contributed by atoms with Crippen LogP contribution in [0.1, 0.15) is 43.9 Å². The Morgan fingerprint density at radius 2 is 1.68 bits per heavy atom. The number of rotatable bonds is 8. The van der Waals surface area contributed by atoms with Gasteiger partial charge in [0.1, 0.15) is 11.9 Å². The fraction of sp³-hybridized carbons (Fsp3) is 0.381. The number of nitrogens with one attached hydrogen (secondary N) is 1. The van der Waals surface area contributed by atoms with E-state index < -0.39 is 27.8 Å². The molecule has 152 valence electrons. The van der Waals surface area contributed by atoms with Crippen molar-refractivity contribution in [1.29, 1.82) is 0 Å². The van der Waals surface area contributed by atoms with Crippen molar-refractivity contribution in [3.8, 4) is 0 Å². The fourth-order valence-corrected chi connectivity index (χ4v) is 4.37. The number of anilines is 1. The van der Waals surface area contributed by atoms with Gasteiger partial charge in [0.25, 0.3) is 0 Å². The highest BCUT2D eigenvalue weighted by atomic mass is 32.2. The van der Waals surface area contributed by atoms with Crippen LogP contribution in [0.2, 0.25) is 0 Å². The van der Waals surface area contributed by atoms with Crippen LogP contribution in [0, 0.1) is 12.7 Å². The van der Waals surface area contributed by atoms with Crippen molar-refractivity contribution < 1.29 is 17.6 Å². The van der Waals surface area contributed by atoms with E-state index in [0.29, 0.717) is 6.42 Å². The minimum atomic E-state index is -3.88. The van der Waals surface area contributed by atoms with Crippen molar-refractivity contribution in [2.75, 3.05) is 10.6 Å². The van der Waals surface area contributed by atoms with E-state index in [-0.39, 0.29) is 18.2 Å². The predicted octanol–water partition coefficient (Wildman–Crippen LogP) is 3.95. The first-order chi connectivity index (χ1) is 13.2. The standard InChI is InChI=1S/C21H27FN2O3S/c1-5-18(16-13-11-15(3)12-14-16)23-21(25)19(6-2)24(28(4,26)27)20-10-8-7-9-17(20)22/h7-14,18-19H,5-6H2,1-4H3,(H,23,25)/t18-,19+/m0/s1. The van der Waals surface area contributed by atoms with Crippen molar-refractivity contribution >= 4 is 21.6 Å². The van der Waals surface area contributed by atoms with E-state index in [1.807, 2.05) is 38.1 Å². The zero-order valence-electron chi connectivity index (χ0n) is 16.6. The molecule has 1 amide bonds. The molecule has 1 N–H and O–H groups in total. The van der Waals surface area contributed by atoms with Crippen LogP contribution in [0.3, 0.4) is 0 Å². The minimum absolute atomic E-state index is 0.129. The third kappa shape index (κ3) is 5.10. The molecule has 0 aliphatic heterocycles. The second kappa shape index (κ2) is 9.19. The summed E-state index contributed by atoms with van der Waals surface area (Å²) in [4.78, 5) is 13.0. The molecule has 5 nitrogen and oxygen atoms in total. The highest BCUT2D eigenvalue weighted by Gasteiger charge is 2.33. The summed E-state index contributed by atoms with van der Waals surface area (Å²) in [6, 6.07) is 12.1. The maximum atomic E-state index is 14.3. The number of amides is 1. The molecule has 2 rings (SSSR count). The molecule has 0 radical (unpaired) electrons. The molecule has 0 spiro atoms. The predicted molar refractivity (Wildman–Crippen MR) is 110 cm³/mol. The first-order valence-corrected chi connectivity index (χ1v) is 11.1. The summed E-state index contributed by atoms with van der Waals surface area (Å²) >= 11 is 0. The Morgan fingerprint density at radius 3 is 2.18 bits per heavy atom. The average molecular weight is 407 g/mol. The average Bonchev–Trinajstić information content (AvgIpc) is 2.64. The normalized spacial score (nSPS) is 13.6. The molecule has 0 heterocycles. The molecule has 0 bridgehead atoms. The molecule has 0 saturated carbocycles. The van der Waals surface area contributed by atoms with E-state index in [4.69, 9.17) is 0 Å². The number of nitrogens with zero attached hydrogens (tertiary/aromatic N) is 1. The van der Waals surface area contributed by atoms with Gasteiger partial charge in [-0.1, -0.05) is 55.8 Å². The molecule has 0 aliphatic carbocycles. The molecule has 0 unspecified atom stereocenters. The summed E-state index contributed by atoms with van der Waals surface area (Å²) in [6.07, 6.45) is 1.83. The van der Waals surface area contributed by atoms with Crippen LogP contribution in [0.15, 0.2) is 48.5 Å². The highest BCUT2D eigenvalue weighted by Crippen LogP contribution is 2.26. The minimum Gasteiger partial charge on any atom is -0.347 e. The number of sulfonamides is 1. The molecule has 7 heteroatoms. The van der Waals surface area contributed by atoms with Crippen LogP contribution < -0.4 is 9.62 Å². The zero-order valence-corrected chi connectivity index (χ0v) is 17.5. The third-order valence-corrected chi connectivity index (χ3v) is 5.79. The second-order valence-electron chi connectivity index (χ2n) is 6.81. The number of carbonyl (C=O) groups is 1. The van der Waals surface area contributed by atoms with Gasteiger partial charge in [-0.15, -0.1) is 0 Å². The molecule has 2 aromatic rings. The third-order valence-electron chi connectivity index (χ3n) is 4.62. The Hall–Kier alpha value is -2.41. The van der Waals surface area contributed by atoms with Gasteiger partial charge in [-0.05, 0) is 37.5 Å². The SMILES string of the molecule is CC[C@H](NC(=O)[C@@H](CC)N(c1ccccc1F)S(C)(=O)=O)c1ccc(C)cc1. The highest BCUT2D eigenvalue weighted by molar-refractivity contribution is 7.92. The maximum Gasteiger partial charge on any atom is 0.244 e. The van der Waals surface area contributed by atoms with Crippen LogP contribution in [0.4, 0.5) is 10.1 Å². The number of hydrogen-bond donors (Lipinski definition) is 1. The van der Waals surface area contributed by atoms with Crippen LogP contribution in [-0.4, -0.2) is 26.6 Å². The van der Waals surface area contributed by atoms with Crippen molar-refractivity contribution in [3.05, 3.63) is 65.5 Å². The largest absolute Gasteiger partial charge is 0.347 e. The van der Waals surface area contributed by atoms with Crippen molar-refractivity contribution in [2.45, 2.75) is 45.7 Å². The van der Waals surface area contributed by atoms with Gasteiger partial charge in [0, 0.05) is 0 Å². The lowest BCUT2D eigenvalue weighted by molar-refractivity contribution is -0.123. The Kier molecular flexibility index (Phi) is 7.18. The van der Waals surface area contributed by atoms with Crippen molar-refractivity contribution in [3.63, 3.8) is 0 Å². The smallest absolute Gasteiger partial charge is 0.244 e. The molecule has 2 atom stereocenters. The molecule has 0 fully saturated rings. The van der Waals surface area contributed by atoms with Crippen LogP contribution in [0.25, 0.3) is 0 Å². The Balaban J connectivity index is 2.36. The van der Waals surface area contributed by atoms with E-state index in [9.17, 15) is 17.6 Å². The molecule has 0 saturated heterocycles. The number of halogens is 1. The van der Waals surface area contributed by atoms with Gasteiger partial charge in [0.15, 0.2) is 0 Å². The topological polar surface area (TPSA) is 66.5 Å². The van der Waals surface area contributed by atoms with E-state index in [2.05, 4.69) is 5.32 Å². The van der Waals surface area contributed by atoms with Crippen molar-refractivity contribution in [1.82, 2.24) is 5.32 Å². The fourth-order valence-electron chi connectivity index (χ4n) is 3.15. The van der Waals surface area contributed by atoms with Crippen LogP contribution in [0.5, 0.6) is 0 Å². The van der Waals surface area contributed by atoms with Gasteiger partial charge in [0.2, 0.25) is 15.9 Å². The lowest BCUT2D eigenvalue weighted by Gasteiger charge is -2.31. The van der Waals surface area contributed by atoms with E-state index in [0.717, 1.165) is 21.7 Å². The Morgan fingerprint density at radius 1 is 1.07 bits per heavy atom. The van der Waals surface area contributed by atoms with Gasteiger partial charge in [-0.25, -0.2) is 12.8 Å². The maximum absolute atomic E-state index is 14.3. The molecular weight excluding hydrogens is 379 g/mol. The summed E-state index contributed by atoms with van der Waals surface area (Å²) in [6.45, 7) is 5.63. The molecule has 0 aromatic heterocycles. The van der Waals surface area contributed by atoms with E-state index in [1.165, 1.54) is 18.2 Å². The summed E-state index contributed by atoms with van der Waals surface area (Å²) in [7, 11) is -3.88. The molecule has 28 heavy (non-hydrogen) atoms. The first-order valence-electron chi connectivity index (χ1n) is 9.29. The monoisotopic (exact) mass is 406 g/mol. The number of aryl methyl sites for hydroxylation is 1. The summed E-state index contributed by atoms with van der Waals surface area (Å²) in [5.41, 5.74) is 1.92. The summed E-state index contributed by atoms with van der Waals surface area (Å²) in [5, 5.41) is 2.93. The number of benzene rings is 2. The second-order valence-corrected chi connectivity index (χ2v) is 8.67. The van der Waals surface area contributed by atoms with Gasteiger partial charge in [0.05, 0.1) is 18.0 Å². The van der Waals surface area contributed by atoms with Crippen LogP contribution >= 0.6 is 0 Å². The van der Waals surface area contributed by atoms with Gasteiger partial charge in [-0.2, -0.15) is 0 Å². The van der Waals surface area contributed by atoms with E-state index in [1.54, 1.807) is 13.0 Å². The van der Waals surface area contributed by atoms with Crippen LogP contribution in [-0.2, 0) is 14.8 Å². The quantitative estimate of drug-likeness (QED) is 0.722. The zero-order chi connectivity index (χ0) is 20.9. The molecule has 2 aromatic carbocycles. The lowest BCUT2D eigenvalue weighted by Crippen LogP contribution is -2.50. The number of hydrogen-bond acceptors (Lipinski definition) is 3. The summed E-state index contributed by atoms with van der Waals surface area (Å²) < 4.78 is 40.1. The first kappa shape index (κ1) is 21.9. The Labute approximate surface area is 166 Å². The van der Waals surface area contributed by atoms with Gasteiger partial charge in [-0.3, -0.25) is 9.10 Å². The van der Waals surface area contributed by atoms with Gasteiger partial charge < -0.3 is 5.32 Å². The van der Waals surface area contributed by atoms with Gasteiger partial charge >= 0.3 is 0 Å². The lowest BCUT2D eigenvalue weighted by atomic mass is 10.0. The molecular formula is C21H27FN2O3S. The summed E-state index contributed by atoms with van der Waals surface area (Å²) in [5.74, 6) is -1.15. The molecule has 0 aliphatic rings. The van der Waals surface area contributed by atoms with Crippen molar-refractivity contribution in [2.24, 2.45) is 0 Å². The van der Waals surface area contributed by atoms with E-state index >= 15 is 0 Å². The number of para-hydroxylation sites is 1. The Bertz CT molecular complexity index is 914.